The molecule has 23 heavy (non-hydrogen) atoms. The molecule has 1 aliphatic rings. The minimum atomic E-state index is -0.423. The molecule has 1 aliphatic heterocycles. The molecule has 0 aromatic rings. The first-order valence-corrected chi connectivity index (χ1v) is 9.05. The highest BCUT2D eigenvalue weighted by atomic mass is 16.6. The van der Waals surface area contributed by atoms with E-state index in [1.807, 2.05) is 25.7 Å². The van der Waals surface area contributed by atoms with Gasteiger partial charge in [-0.15, -0.1) is 0 Å². The van der Waals surface area contributed by atoms with Crippen molar-refractivity contribution in [2.45, 2.75) is 71.6 Å². The Morgan fingerprint density at radius 1 is 1.30 bits per heavy atom. The second-order valence-electron chi connectivity index (χ2n) is 7.93. The summed E-state index contributed by atoms with van der Waals surface area (Å²) < 4.78 is 5.46. The molecule has 2 atom stereocenters. The lowest BCUT2D eigenvalue weighted by Gasteiger charge is -2.32. The van der Waals surface area contributed by atoms with Gasteiger partial charge in [0.15, 0.2) is 0 Å². The summed E-state index contributed by atoms with van der Waals surface area (Å²) in [5.74, 6) is 0.709. The minimum absolute atomic E-state index is 0.189. The smallest absolute Gasteiger partial charge is 0.410 e. The van der Waals surface area contributed by atoms with E-state index in [9.17, 15) is 4.79 Å². The van der Waals surface area contributed by atoms with Crippen LogP contribution in [0.25, 0.3) is 0 Å². The van der Waals surface area contributed by atoms with Gasteiger partial charge in [0.2, 0.25) is 0 Å². The number of rotatable bonds is 7. The highest BCUT2D eigenvalue weighted by Crippen LogP contribution is 2.18. The predicted octanol–water partition coefficient (Wildman–Crippen LogP) is 2.95. The Morgan fingerprint density at radius 3 is 2.39 bits per heavy atom. The first-order valence-electron chi connectivity index (χ1n) is 9.05. The Balaban J connectivity index is 2.46. The van der Waals surface area contributed by atoms with E-state index in [-0.39, 0.29) is 6.09 Å². The van der Waals surface area contributed by atoms with E-state index in [0.29, 0.717) is 18.0 Å². The van der Waals surface area contributed by atoms with Crippen LogP contribution in [0, 0.1) is 5.92 Å². The van der Waals surface area contributed by atoms with Gasteiger partial charge >= 0.3 is 6.09 Å². The quantitative estimate of drug-likeness (QED) is 0.781. The van der Waals surface area contributed by atoms with Gasteiger partial charge in [0.1, 0.15) is 5.60 Å². The fourth-order valence-electron chi connectivity index (χ4n) is 3.31. The zero-order chi connectivity index (χ0) is 17.6. The van der Waals surface area contributed by atoms with E-state index in [4.69, 9.17) is 4.74 Å². The third-order valence-corrected chi connectivity index (χ3v) is 4.71. The minimum Gasteiger partial charge on any atom is -0.444 e. The average Bonchev–Trinajstić information content (AvgIpc) is 2.90. The molecule has 1 N–H and O–H groups in total. The molecular weight excluding hydrogens is 290 g/mol. The van der Waals surface area contributed by atoms with E-state index in [1.165, 1.54) is 12.8 Å². The molecule has 5 heteroatoms. The first kappa shape index (κ1) is 20.2. The number of likely N-dealkylation sites (N-methyl/N-ethyl adjacent to an activating group) is 1. The van der Waals surface area contributed by atoms with Crippen molar-refractivity contribution in [2.75, 3.05) is 33.7 Å². The molecule has 1 heterocycles. The Morgan fingerprint density at radius 2 is 1.91 bits per heavy atom. The molecule has 1 fully saturated rings. The number of hydrogen-bond acceptors (Lipinski definition) is 4. The maximum Gasteiger partial charge on any atom is 0.410 e. The number of nitrogens with one attached hydrogen (secondary N) is 1. The van der Waals surface area contributed by atoms with Crippen molar-refractivity contribution < 1.29 is 9.53 Å². The molecule has 0 aromatic carbocycles. The van der Waals surface area contributed by atoms with Gasteiger partial charge in [-0.05, 0) is 47.2 Å². The van der Waals surface area contributed by atoms with Gasteiger partial charge in [-0.3, -0.25) is 0 Å². The number of carbonyl (C=O) groups is 1. The van der Waals surface area contributed by atoms with Gasteiger partial charge in [-0.2, -0.15) is 0 Å². The van der Waals surface area contributed by atoms with Crippen molar-refractivity contribution in [3.8, 4) is 0 Å². The summed E-state index contributed by atoms with van der Waals surface area (Å²) in [6, 6.07) is 0.917. The van der Waals surface area contributed by atoms with Crippen LogP contribution in [0.4, 0.5) is 4.79 Å². The van der Waals surface area contributed by atoms with Crippen molar-refractivity contribution in [2.24, 2.45) is 5.92 Å². The molecule has 0 aliphatic carbocycles. The summed E-state index contributed by atoms with van der Waals surface area (Å²) in [4.78, 5) is 16.3. The van der Waals surface area contributed by atoms with E-state index < -0.39 is 5.60 Å². The van der Waals surface area contributed by atoms with Gasteiger partial charge in [-0.25, -0.2) is 4.79 Å². The lowest BCUT2D eigenvalue weighted by atomic mass is 9.93. The zero-order valence-electron chi connectivity index (χ0n) is 16.2. The Hall–Kier alpha value is -0.810. The number of ether oxygens (including phenoxy) is 1. The molecule has 1 amide bonds. The van der Waals surface area contributed by atoms with Gasteiger partial charge in [-0.1, -0.05) is 26.7 Å². The predicted molar refractivity (Wildman–Crippen MR) is 95.8 cm³/mol. The van der Waals surface area contributed by atoms with Crippen LogP contribution in [-0.4, -0.2) is 67.3 Å². The highest BCUT2D eigenvalue weighted by molar-refractivity contribution is 5.68. The SMILES string of the molecule is CCC(CC)[C@@H](CN[C@@H]1CCN(C(=O)OC(C)(C)C)C1)N(C)C. The number of likely N-dealkylation sites (tertiary alicyclic amines) is 1. The first-order chi connectivity index (χ1) is 10.7. The van der Waals surface area contributed by atoms with Crippen LogP contribution >= 0.6 is 0 Å². The molecule has 0 saturated carbocycles. The molecule has 1 saturated heterocycles. The standard InChI is InChI=1S/C18H37N3O2/c1-8-14(9-2)16(20(6)7)12-19-15-10-11-21(13-15)17(22)23-18(3,4)5/h14-16,19H,8-13H2,1-7H3/t15-,16-/m1/s1. The molecule has 0 unspecified atom stereocenters. The zero-order valence-corrected chi connectivity index (χ0v) is 16.2. The maximum atomic E-state index is 12.1. The Bertz CT molecular complexity index is 362. The van der Waals surface area contributed by atoms with Gasteiger partial charge in [0.05, 0.1) is 0 Å². The van der Waals surface area contributed by atoms with E-state index in [0.717, 1.165) is 26.1 Å². The normalized spacial score (nSPS) is 20.4. The van der Waals surface area contributed by atoms with Gasteiger partial charge < -0.3 is 19.9 Å². The third kappa shape index (κ3) is 6.68. The van der Waals surface area contributed by atoms with Crippen LogP contribution in [0.1, 0.15) is 53.9 Å². The summed E-state index contributed by atoms with van der Waals surface area (Å²) in [6.07, 6.45) is 3.22. The topological polar surface area (TPSA) is 44.8 Å². The second kappa shape index (κ2) is 8.88. The molecule has 0 aromatic heterocycles. The number of amides is 1. The van der Waals surface area contributed by atoms with Crippen LogP contribution in [0.3, 0.4) is 0 Å². The molecule has 0 spiro atoms. The monoisotopic (exact) mass is 327 g/mol. The molecule has 136 valence electrons. The van der Waals surface area contributed by atoms with Crippen molar-refractivity contribution in [1.82, 2.24) is 15.1 Å². The Kier molecular flexibility index (Phi) is 7.81. The van der Waals surface area contributed by atoms with E-state index >= 15 is 0 Å². The van der Waals surface area contributed by atoms with Gasteiger partial charge in [0.25, 0.3) is 0 Å². The Labute approximate surface area is 142 Å². The molecule has 5 nitrogen and oxygen atoms in total. The highest BCUT2D eigenvalue weighted by Gasteiger charge is 2.30. The maximum absolute atomic E-state index is 12.1. The van der Waals surface area contributed by atoms with Crippen LogP contribution < -0.4 is 5.32 Å². The molecule has 1 rings (SSSR count). The van der Waals surface area contributed by atoms with Crippen LogP contribution in [0.15, 0.2) is 0 Å². The summed E-state index contributed by atoms with van der Waals surface area (Å²) in [6.45, 7) is 12.8. The van der Waals surface area contributed by atoms with Crippen LogP contribution in [0.2, 0.25) is 0 Å². The van der Waals surface area contributed by atoms with Crippen molar-refractivity contribution in [1.29, 1.82) is 0 Å². The molecular formula is C18H37N3O2. The van der Waals surface area contributed by atoms with Gasteiger partial charge in [0, 0.05) is 31.7 Å². The third-order valence-electron chi connectivity index (χ3n) is 4.71. The summed E-state index contributed by atoms with van der Waals surface area (Å²) in [7, 11) is 4.32. The number of carbonyl (C=O) groups excluding carboxylic acids is 1. The average molecular weight is 328 g/mol. The number of nitrogens with zero attached hydrogens (tertiary/aromatic N) is 2. The largest absolute Gasteiger partial charge is 0.444 e. The lowest BCUT2D eigenvalue weighted by molar-refractivity contribution is 0.0290. The van der Waals surface area contributed by atoms with E-state index in [1.54, 1.807) is 0 Å². The lowest BCUT2D eigenvalue weighted by Crippen LogP contribution is -2.47. The van der Waals surface area contributed by atoms with E-state index in [2.05, 4.69) is 38.2 Å². The second-order valence-corrected chi connectivity index (χ2v) is 7.93. The summed E-state index contributed by atoms with van der Waals surface area (Å²) in [5, 5.41) is 3.67. The van der Waals surface area contributed by atoms with Crippen molar-refractivity contribution >= 4 is 6.09 Å². The molecule has 0 bridgehead atoms. The van der Waals surface area contributed by atoms with Crippen LogP contribution in [0.5, 0.6) is 0 Å². The summed E-state index contributed by atoms with van der Waals surface area (Å²) >= 11 is 0. The summed E-state index contributed by atoms with van der Waals surface area (Å²) in [5.41, 5.74) is -0.423. The number of hydrogen-bond donors (Lipinski definition) is 1. The van der Waals surface area contributed by atoms with Crippen molar-refractivity contribution in [3.05, 3.63) is 0 Å². The fraction of sp³-hybridized carbons (Fsp3) is 0.944. The fourth-order valence-corrected chi connectivity index (χ4v) is 3.31. The van der Waals surface area contributed by atoms with Crippen molar-refractivity contribution in [3.63, 3.8) is 0 Å². The van der Waals surface area contributed by atoms with Crippen LogP contribution in [-0.2, 0) is 4.74 Å². The molecule has 0 radical (unpaired) electrons.